The second-order valence-corrected chi connectivity index (χ2v) is 11.3. The molecule has 0 saturated carbocycles. The molecule has 0 N–H and O–H groups in total. The quantitative estimate of drug-likeness (QED) is 0.481. The molecule has 7 nitrogen and oxygen atoms in total. The fourth-order valence-corrected chi connectivity index (χ4v) is 7.31. The van der Waals surface area contributed by atoms with Crippen molar-refractivity contribution in [2.24, 2.45) is 0 Å². The second-order valence-electron chi connectivity index (χ2n) is 7.62. The molecule has 1 aliphatic rings. The SMILES string of the molecule is Cc1noc(C)c1S(=O)(=O)N1CCCN(C(=O)c2ccccc2SCc2ccsc2)CC1. The van der Waals surface area contributed by atoms with E-state index in [1.165, 1.54) is 9.87 Å². The van der Waals surface area contributed by atoms with Crippen molar-refractivity contribution >= 4 is 39.0 Å². The van der Waals surface area contributed by atoms with Gasteiger partial charge in [-0.25, -0.2) is 8.42 Å². The van der Waals surface area contributed by atoms with Crippen LogP contribution < -0.4 is 0 Å². The smallest absolute Gasteiger partial charge is 0.255 e. The third-order valence-electron chi connectivity index (χ3n) is 5.40. The van der Waals surface area contributed by atoms with Crippen LogP contribution in [0.3, 0.4) is 0 Å². The number of sulfonamides is 1. The van der Waals surface area contributed by atoms with Crippen LogP contribution in [-0.4, -0.2) is 54.9 Å². The lowest BCUT2D eigenvalue weighted by Crippen LogP contribution is -2.37. The van der Waals surface area contributed by atoms with Crippen LogP contribution in [0.4, 0.5) is 0 Å². The van der Waals surface area contributed by atoms with Crippen LogP contribution in [0.15, 0.2) is 55.4 Å². The molecule has 10 heteroatoms. The van der Waals surface area contributed by atoms with Crippen molar-refractivity contribution in [3.63, 3.8) is 0 Å². The summed E-state index contributed by atoms with van der Waals surface area (Å²) in [6.45, 7) is 4.67. The number of aryl methyl sites for hydroxylation is 2. The van der Waals surface area contributed by atoms with Gasteiger partial charge in [0.25, 0.3) is 5.91 Å². The standard InChI is InChI=1S/C22H25N3O4S3/c1-16-21(17(2)29-23-16)32(27,28)25-10-5-9-24(11-12-25)22(26)19-6-3-4-7-20(19)31-15-18-8-13-30-14-18/h3-4,6-8,13-14H,5,9-12,15H2,1-2H3. The van der Waals surface area contributed by atoms with Crippen molar-refractivity contribution in [3.8, 4) is 0 Å². The van der Waals surface area contributed by atoms with Crippen molar-refractivity contribution in [1.82, 2.24) is 14.4 Å². The zero-order valence-corrected chi connectivity index (χ0v) is 20.4. The Bertz CT molecular complexity index is 1170. The van der Waals surface area contributed by atoms with Crippen LogP contribution in [-0.2, 0) is 15.8 Å². The van der Waals surface area contributed by atoms with E-state index in [0.717, 1.165) is 10.6 Å². The molecule has 2 aromatic heterocycles. The first-order valence-corrected chi connectivity index (χ1v) is 13.7. The predicted molar refractivity (Wildman–Crippen MR) is 126 cm³/mol. The van der Waals surface area contributed by atoms with Gasteiger partial charge < -0.3 is 9.42 Å². The Balaban J connectivity index is 1.48. The van der Waals surface area contributed by atoms with Gasteiger partial charge in [0.15, 0.2) is 5.76 Å². The molecule has 170 valence electrons. The highest BCUT2D eigenvalue weighted by Gasteiger charge is 2.33. The number of aromatic nitrogens is 1. The Kier molecular flexibility index (Phi) is 7.04. The average Bonchev–Trinajstić information content (AvgIpc) is 3.33. The van der Waals surface area contributed by atoms with Crippen LogP contribution in [0.2, 0.25) is 0 Å². The van der Waals surface area contributed by atoms with Gasteiger partial charge in [0.05, 0.1) is 5.56 Å². The van der Waals surface area contributed by atoms with Crippen molar-refractivity contribution in [3.05, 3.63) is 63.7 Å². The summed E-state index contributed by atoms with van der Waals surface area (Å²) in [5, 5.41) is 7.94. The van der Waals surface area contributed by atoms with Crippen LogP contribution >= 0.6 is 23.1 Å². The van der Waals surface area contributed by atoms with E-state index in [4.69, 9.17) is 4.52 Å². The van der Waals surface area contributed by atoms with Gasteiger partial charge in [-0.1, -0.05) is 17.3 Å². The minimum absolute atomic E-state index is 0.0602. The van der Waals surface area contributed by atoms with Crippen molar-refractivity contribution in [1.29, 1.82) is 0 Å². The number of amides is 1. The summed E-state index contributed by atoms with van der Waals surface area (Å²) in [7, 11) is -3.72. The molecule has 0 bridgehead atoms. The summed E-state index contributed by atoms with van der Waals surface area (Å²) in [6, 6.07) is 9.71. The summed E-state index contributed by atoms with van der Waals surface area (Å²) in [4.78, 5) is 16.2. The number of carbonyl (C=O) groups excluding carboxylic acids is 1. The molecule has 3 aromatic rings. The molecule has 0 unspecified atom stereocenters. The number of rotatable bonds is 6. The predicted octanol–water partition coefficient (Wildman–Crippen LogP) is 4.18. The van der Waals surface area contributed by atoms with E-state index in [-0.39, 0.29) is 23.1 Å². The summed E-state index contributed by atoms with van der Waals surface area (Å²) in [5.41, 5.74) is 2.25. The third-order valence-corrected chi connectivity index (χ3v) is 9.42. The maximum atomic E-state index is 13.3. The highest BCUT2D eigenvalue weighted by atomic mass is 32.2. The Morgan fingerprint density at radius 2 is 1.97 bits per heavy atom. The summed E-state index contributed by atoms with van der Waals surface area (Å²) < 4.78 is 32.8. The van der Waals surface area contributed by atoms with E-state index >= 15 is 0 Å². The Morgan fingerprint density at radius 3 is 2.69 bits per heavy atom. The Hall–Kier alpha value is -2.14. The van der Waals surface area contributed by atoms with E-state index in [1.807, 2.05) is 29.6 Å². The molecule has 1 amide bonds. The number of hydrogen-bond donors (Lipinski definition) is 0. The lowest BCUT2D eigenvalue weighted by Gasteiger charge is -2.23. The van der Waals surface area contributed by atoms with Crippen molar-refractivity contribution in [2.45, 2.75) is 35.8 Å². The minimum atomic E-state index is -3.72. The van der Waals surface area contributed by atoms with E-state index in [1.54, 1.807) is 41.8 Å². The molecule has 0 radical (unpaired) electrons. The molecule has 32 heavy (non-hydrogen) atoms. The molecule has 0 atom stereocenters. The zero-order chi connectivity index (χ0) is 22.7. The molecule has 0 aliphatic carbocycles. The number of nitrogens with zero attached hydrogens (tertiary/aromatic N) is 3. The largest absolute Gasteiger partial charge is 0.360 e. The van der Waals surface area contributed by atoms with E-state index in [0.29, 0.717) is 37.3 Å². The van der Waals surface area contributed by atoms with E-state index in [9.17, 15) is 13.2 Å². The number of benzene rings is 1. The molecule has 0 spiro atoms. The first kappa shape index (κ1) is 23.0. The normalized spacial score (nSPS) is 15.6. The van der Waals surface area contributed by atoms with Crippen LogP contribution in [0.1, 0.15) is 33.8 Å². The molecule has 1 fully saturated rings. The number of carbonyl (C=O) groups is 1. The van der Waals surface area contributed by atoms with Crippen molar-refractivity contribution in [2.75, 3.05) is 26.2 Å². The molecular weight excluding hydrogens is 466 g/mol. The first-order chi connectivity index (χ1) is 15.4. The molecule has 1 aromatic carbocycles. The molecule has 4 rings (SSSR count). The summed E-state index contributed by atoms with van der Waals surface area (Å²) >= 11 is 3.31. The third kappa shape index (κ3) is 4.78. The molecular formula is C22H25N3O4S3. The monoisotopic (exact) mass is 491 g/mol. The highest BCUT2D eigenvalue weighted by Crippen LogP contribution is 2.29. The van der Waals surface area contributed by atoms with Gasteiger partial charge in [0, 0.05) is 36.8 Å². The number of hydrogen-bond acceptors (Lipinski definition) is 7. The molecule has 1 saturated heterocycles. The fraction of sp³-hybridized carbons (Fsp3) is 0.364. The minimum Gasteiger partial charge on any atom is -0.360 e. The van der Waals surface area contributed by atoms with Gasteiger partial charge in [-0.3, -0.25) is 4.79 Å². The number of thioether (sulfide) groups is 1. The maximum absolute atomic E-state index is 13.3. The summed E-state index contributed by atoms with van der Waals surface area (Å²) in [5.74, 6) is 1.03. The summed E-state index contributed by atoms with van der Waals surface area (Å²) in [6.07, 6.45) is 0.568. The first-order valence-electron chi connectivity index (χ1n) is 10.3. The molecule has 1 aliphatic heterocycles. The fourth-order valence-electron chi connectivity index (χ4n) is 3.78. The second kappa shape index (κ2) is 9.78. The van der Waals surface area contributed by atoms with Gasteiger partial charge in [-0.15, -0.1) is 11.8 Å². The number of thiophene rings is 1. The van der Waals surface area contributed by atoms with Crippen molar-refractivity contribution < 1.29 is 17.7 Å². The zero-order valence-electron chi connectivity index (χ0n) is 18.0. The lowest BCUT2D eigenvalue weighted by molar-refractivity contribution is 0.0760. The highest BCUT2D eigenvalue weighted by molar-refractivity contribution is 7.98. The lowest BCUT2D eigenvalue weighted by atomic mass is 10.2. The van der Waals surface area contributed by atoms with E-state index in [2.05, 4.69) is 16.6 Å². The van der Waals surface area contributed by atoms with Gasteiger partial charge in [-0.2, -0.15) is 15.6 Å². The maximum Gasteiger partial charge on any atom is 0.255 e. The van der Waals surface area contributed by atoms with Gasteiger partial charge in [0.1, 0.15) is 10.6 Å². The van der Waals surface area contributed by atoms with Gasteiger partial charge >= 0.3 is 0 Å². The topological polar surface area (TPSA) is 83.7 Å². The average molecular weight is 492 g/mol. The van der Waals surface area contributed by atoms with Crippen LogP contribution in [0.5, 0.6) is 0 Å². The van der Waals surface area contributed by atoms with Crippen LogP contribution in [0.25, 0.3) is 0 Å². The van der Waals surface area contributed by atoms with E-state index < -0.39 is 10.0 Å². The Labute approximate surface area is 196 Å². The van der Waals surface area contributed by atoms with Gasteiger partial charge in [0.2, 0.25) is 10.0 Å². The van der Waals surface area contributed by atoms with Gasteiger partial charge in [-0.05, 0) is 54.8 Å². The molecule has 3 heterocycles. The Morgan fingerprint density at radius 1 is 1.16 bits per heavy atom. The van der Waals surface area contributed by atoms with Crippen LogP contribution in [0, 0.1) is 13.8 Å².